The molecule has 0 saturated carbocycles. The van der Waals surface area contributed by atoms with Gasteiger partial charge in [0.15, 0.2) is 9.84 Å². The van der Waals surface area contributed by atoms with Gasteiger partial charge >= 0.3 is 0 Å². The summed E-state index contributed by atoms with van der Waals surface area (Å²) in [5, 5.41) is 10.1. The Morgan fingerprint density at radius 2 is 1.90 bits per heavy atom. The first-order valence-electron chi connectivity index (χ1n) is 9.58. The number of carbonyl (C=O) groups is 1. The molecule has 8 heteroatoms. The Morgan fingerprint density at radius 1 is 1.17 bits per heavy atom. The zero-order valence-corrected chi connectivity index (χ0v) is 17.2. The molecule has 0 bridgehead atoms. The molecule has 1 fully saturated rings. The monoisotopic (exact) mass is 426 g/mol. The molecule has 2 atom stereocenters. The van der Waals surface area contributed by atoms with E-state index < -0.39 is 21.1 Å². The lowest BCUT2D eigenvalue weighted by atomic mass is 10.0. The van der Waals surface area contributed by atoms with E-state index in [9.17, 15) is 18.4 Å². The minimum absolute atomic E-state index is 0.0221. The van der Waals surface area contributed by atoms with Gasteiger partial charge in [0.25, 0.3) is 0 Å². The number of aromatic nitrogens is 1. The van der Waals surface area contributed by atoms with Gasteiger partial charge in [0.2, 0.25) is 6.41 Å². The van der Waals surface area contributed by atoms with Crippen LogP contribution in [-0.2, 0) is 25.8 Å². The van der Waals surface area contributed by atoms with Crippen molar-refractivity contribution in [3.8, 4) is 0 Å². The Bertz CT molecular complexity index is 1180. The highest BCUT2D eigenvalue weighted by molar-refractivity contribution is 7.92. The summed E-state index contributed by atoms with van der Waals surface area (Å²) in [6, 6.07) is 15.8. The number of benzene rings is 2. The van der Waals surface area contributed by atoms with Crippen molar-refractivity contribution < 1.29 is 23.2 Å². The van der Waals surface area contributed by atoms with Crippen molar-refractivity contribution in [1.82, 2.24) is 10.0 Å². The van der Waals surface area contributed by atoms with Gasteiger partial charge in [0.1, 0.15) is 11.3 Å². The molecule has 1 aliphatic rings. The van der Waals surface area contributed by atoms with Crippen LogP contribution < -0.4 is 0 Å². The van der Waals surface area contributed by atoms with E-state index >= 15 is 0 Å². The minimum atomic E-state index is -3.77. The summed E-state index contributed by atoms with van der Waals surface area (Å²) < 4.78 is 31.2. The van der Waals surface area contributed by atoms with Gasteiger partial charge in [-0.15, -0.1) is 0 Å². The molecule has 156 valence electrons. The number of ether oxygens (including phenoxy) is 1. The first kappa shape index (κ1) is 20.5. The molecular formula is C22H22N2O5S. The van der Waals surface area contributed by atoms with E-state index in [0.29, 0.717) is 11.5 Å². The van der Waals surface area contributed by atoms with Crippen LogP contribution in [0.15, 0.2) is 59.5 Å². The van der Waals surface area contributed by atoms with Crippen LogP contribution in [0.1, 0.15) is 16.8 Å². The van der Waals surface area contributed by atoms with Crippen LogP contribution in [0.3, 0.4) is 0 Å². The van der Waals surface area contributed by atoms with Gasteiger partial charge in [0, 0.05) is 11.1 Å². The molecule has 0 aliphatic carbocycles. The number of fused-ring (bicyclic) bond motifs is 1. The molecule has 1 N–H and O–H groups in total. The lowest BCUT2D eigenvalue weighted by Gasteiger charge is -2.22. The molecule has 2 unspecified atom stereocenters. The number of hydrogen-bond acceptors (Lipinski definition) is 6. The van der Waals surface area contributed by atoms with Crippen molar-refractivity contribution >= 4 is 27.2 Å². The number of para-hydroxylation sites is 1. The number of rotatable bonds is 6. The molecule has 2 aromatic carbocycles. The molecular weight excluding hydrogens is 404 g/mol. The predicted molar refractivity (Wildman–Crippen MR) is 111 cm³/mol. The maximum atomic E-state index is 13.0. The fraction of sp³-hybridized carbons (Fsp3) is 0.273. The van der Waals surface area contributed by atoms with E-state index in [4.69, 9.17) is 4.74 Å². The number of aryl methyl sites for hydroxylation is 1. The Labute approximate surface area is 174 Å². The van der Waals surface area contributed by atoms with Gasteiger partial charge in [-0.25, -0.2) is 13.5 Å². The standard InChI is InChI=1S/C22H22N2O5S/c1-15-10-17(19-4-2-3-5-20(19)23-15)11-16-6-8-18(9-7-16)30(27,28)22-13-29-12-21(22)24(26)14-25/h2-10,14,21-22,26H,11-13H2,1H3. The third-order valence-electron chi connectivity index (χ3n) is 5.42. The van der Waals surface area contributed by atoms with Crippen LogP contribution in [-0.4, -0.2) is 54.6 Å². The van der Waals surface area contributed by atoms with Crippen molar-refractivity contribution in [2.24, 2.45) is 0 Å². The normalized spacial score (nSPS) is 19.1. The molecule has 0 radical (unpaired) electrons. The van der Waals surface area contributed by atoms with Crippen LogP contribution in [0.4, 0.5) is 0 Å². The topological polar surface area (TPSA) is 96.8 Å². The van der Waals surface area contributed by atoms with Crippen LogP contribution in [0.5, 0.6) is 0 Å². The van der Waals surface area contributed by atoms with Crippen LogP contribution in [0.2, 0.25) is 0 Å². The Morgan fingerprint density at radius 3 is 2.63 bits per heavy atom. The molecule has 1 saturated heterocycles. The zero-order chi connectivity index (χ0) is 21.3. The summed E-state index contributed by atoms with van der Waals surface area (Å²) in [6.45, 7) is 1.86. The molecule has 7 nitrogen and oxygen atoms in total. The first-order chi connectivity index (χ1) is 14.4. The Balaban J connectivity index is 1.60. The number of sulfone groups is 1. The molecule has 1 amide bonds. The second kappa shape index (κ2) is 8.14. The second-order valence-electron chi connectivity index (χ2n) is 7.43. The van der Waals surface area contributed by atoms with Gasteiger partial charge in [-0.3, -0.25) is 15.0 Å². The summed E-state index contributed by atoms with van der Waals surface area (Å²) in [5.41, 5.74) is 3.96. The molecule has 3 aromatic rings. The fourth-order valence-electron chi connectivity index (χ4n) is 3.88. The van der Waals surface area contributed by atoms with E-state index in [1.807, 2.05) is 37.3 Å². The van der Waals surface area contributed by atoms with Gasteiger partial charge in [-0.1, -0.05) is 30.3 Å². The zero-order valence-electron chi connectivity index (χ0n) is 16.4. The summed E-state index contributed by atoms with van der Waals surface area (Å²) in [7, 11) is -3.77. The molecule has 2 heterocycles. The van der Waals surface area contributed by atoms with Gasteiger partial charge in [-0.05, 0) is 48.7 Å². The lowest BCUT2D eigenvalue weighted by Crippen LogP contribution is -2.44. The number of pyridine rings is 1. The summed E-state index contributed by atoms with van der Waals surface area (Å²) >= 11 is 0. The lowest BCUT2D eigenvalue weighted by molar-refractivity contribution is -0.159. The average Bonchev–Trinajstić information content (AvgIpc) is 3.24. The first-order valence-corrected chi connectivity index (χ1v) is 11.1. The smallest absolute Gasteiger partial charge is 0.233 e. The number of amides is 1. The summed E-state index contributed by atoms with van der Waals surface area (Å²) in [5.74, 6) is 0. The largest absolute Gasteiger partial charge is 0.378 e. The maximum absolute atomic E-state index is 13.0. The number of carbonyl (C=O) groups excluding carboxylic acids is 1. The summed E-state index contributed by atoms with van der Waals surface area (Å²) in [4.78, 5) is 15.6. The number of hydroxylamine groups is 2. The fourth-order valence-corrected chi connectivity index (χ4v) is 5.63. The van der Waals surface area contributed by atoms with Crippen molar-refractivity contribution in [1.29, 1.82) is 0 Å². The number of nitrogens with zero attached hydrogens (tertiary/aromatic N) is 2. The van der Waals surface area contributed by atoms with Crippen LogP contribution in [0, 0.1) is 6.92 Å². The van der Waals surface area contributed by atoms with Crippen LogP contribution in [0.25, 0.3) is 10.9 Å². The second-order valence-corrected chi connectivity index (χ2v) is 9.60. The number of hydrogen-bond donors (Lipinski definition) is 1. The SMILES string of the molecule is Cc1cc(Cc2ccc(S(=O)(=O)C3COCC3N(O)C=O)cc2)c2ccccc2n1. The molecule has 0 spiro atoms. The van der Waals surface area contributed by atoms with E-state index in [2.05, 4.69) is 4.98 Å². The van der Waals surface area contributed by atoms with E-state index in [-0.39, 0.29) is 24.5 Å². The predicted octanol–water partition coefficient (Wildman–Crippen LogP) is 2.52. The third-order valence-corrected chi connectivity index (χ3v) is 7.60. The quantitative estimate of drug-likeness (QED) is 0.370. The Hall–Kier alpha value is -2.81. The van der Waals surface area contributed by atoms with E-state index in [0.717, 1.165) is 27.7 Å². The molecule has 30 heavy (non-hydrogen) atoms. The van der Waals surface area contributed by atoms with Crippen LogP contribution >= 0.6 is 0 Å². The molecule has 4 rings (SSSR count). The van der Waals surface area contributed by atoms with E-state index in [1.165, 1.54) is 0 Å². The minimum Gasteiger partial charge on any atom is -0.378 e. The highest BCUT2D eigenvalue weighted by atomic mass is 32.2. The van der Waals surface area contributed by atoms with E-state index in [1.54, 1.807) is 24.3 Å². The molecule has 1 aliphatic heterocycles. The third kappa shape index (κ3) is 3.81. The average molecular weight is 426 g/mol. The summed E-state index contributed by atoms with van der Waals surface area (Å²) in [6.07, 6.45) is 0.848. The highest BCUT2D eigenvalue weighted by Gasteiger charge is 2.42. The highest BCUT2D eigenvalue weighted by Crippen LogP contribution is 2.26. The van der Waals surface area contributed by atoms with Crippen molar-refractivity contribution in [2.75, 3.05) is 13.2 Å². The van der Waals surface area contributed by atoms with Crippen molar-refractivity contribution in [3.05, 3.63) is 71.4 Å². The maximum Gasteiger partial charge on any atom is 0.233 e. The molecule has 1 aromatic heterocycles. The van der Waals surface area contributed by atoms with Gasteiger partial charge in [0.05, 0.1) is 23.6 Å². The van der Waals surface area contributed by atoms with Gasteiger partial charge < -0.3 is 4.74 Å². The van der Waals surface area contributed by atoms with Crippen molar-refractivity contribution in [3.63, 3.8) is 0 Å². The Kier molecular flexibility index (Phi) is 5.55. The van der Waals surface area contributed by atoms with Gasteiger partial charge in [-0.2, -0.15) is 0 Å². The van der Waals surface area contributed by atoms with Crippen molar-refractivity contribution in [2.45, 2.75) is 29.5 Å².